The molecule has 1 atom stereocenters. The maximum atomic E-state index is 11.1. The predicted octanol–water partition coefficient (Wildman–Crippen LogP) is -1.26. The van der Waals surface area contributed by atoms with Crippen LogP contribution >= 0.6 is 0 Å². The fourth-order valence-electron chi connectivity index (χ4n) is 1.36. The van der Waals surface area contributed by atoms with E-state index in [0.717, 1.165) is 6.54 Å². The van der Waals surface area contributed by atoms with E-state index in [1.165, 1.54) is 6.92 Å². The van der Waals surface area contributed by atoms with E-state index < -0.39 is 0 Å². The molecule has 4 N–H and O–H groups in total. The van der Waals surface area contributed by atoms with Crippen molar-refractivity contribution in [3.8, 4) is 0 Å². The van der Waals surface area contributed by atoms with Crippen molar-refractivity contribution in [2.45, 2.75) is 13.0 Å². The number of guanidine groups is 1. The molecule has 5 heteroatoms. The van der Waals surface area contributed by atoms with E-state index in [0.29, 0.717) is 13.1 Å². The van der Waals surface area contributed by atoms with Crippen LogP contribution in [0.15, 0.2) is 0 Å². The van der Waals surface area contributed by atoms with Crippen molar-refractivity contribution in [1.82, 2.24) is 10.2 Å². The highest BCUT2D eigenvalue weighted by molar-refractivity contribution is 5.87. The first-order chi connectivity index (χ1) is 5.63. The summed E-state index contributed by atoms with van der Waals surface area (Å²) in [4.78, 5) is 12.7. The third-order valence-electron chi connectivity index (χ3n) is 2.02. The van der Waals surface area contributed by atoms with E-state index in [2.05, 4.69) is 5.32 Å². The van der Waals surface area contributed by atoms with Crippen LogP contribution in [0.3, 0.4) is 0 Å². The number of hydrogen-bond donors (Lipinski definition) is 3. The minimum absolute atomic E-state index is 0.0169. The summed E-state index contributed by atoms with van der Waals surface area (Å²) < 4.78 is 0. The Hall–Kier alpha value is -1.10. The largest absolute Gasteiger partial charge is 0.370 e. The molecular formula is C7H14N4O. The van der Waals surface area contributed by atoms with Gasteiger partial charge in [-0.3, -0.25) is 10.2 Å². The minimum atomic E-state index is -0.253. The van der Waals surface area contributed by atoms with E-state index >= 15 is 0 Å². The Morgan fingerprint density at radius 1 is 1.75 bits per heavy atom. The zero-order chi connectivity index (χ0) is 9.14. The smallest absolute Gasteiger partial charge is 0.189 e. The zero-order valence-corrected chi connectivity index (χ0v) is 7.13. The molecule has 5 nitrogen and oxygen atoms in total. The van der Waals surface area contributed by atoms with E-state index in [9.17, 15) is 4.79 Å². The van der Waals surface area contributed by atoms with E-state index in [4.69, 9.17) is 11.1 Å². The van der Waals surface area contributed by atoms with Crippen LogP contribution in [-0.4, -0.2) is 42.3 Å². The van der Waals surface area contributed by atoms with E-state index in [-0.39, 0.29) is 17.8 Å². The van der Waals surface area contributed by atoms with Crippen molar-refractivity contribution < 1.29 is 4.79 Å². The molecule has 1 rings (SSSR count). The van der Waals surface area contributed by atoms with Crippen LogP contribution in [0.5, 0.6) is 0 Å². The summed E-state index contributed by atoms with van der Waals surface area (Å²) >= 11 is 0. The number of carbonyl (C=O) groups excluding carboxylic acids is 1. The number of ketones is 1. The fourth-order valence-corrected chi connectivity index (χ4v) is 1.36. The van der Waals surface area contributed by atoms with Gasteiger partial charge in [-0.15, -0.1) is 0 Å². The molecule has 0 aromatic carbocycles. The van der Waals surface area contributed by atoms with Crippen LogP contribution in [-0.2, 0) is 4.79 Å². The van der Waals surface area contributed by atoms with Gasteiger partial charge in [0.05, 0.1) is 0 Å². The molecule has 1 aliphatic rings. The molecule has 1 heterocycles. The Morgan fingerprint density at radius 2 is 2.42 bits per heavy atom. The molecule has 68 valence electrons. The lowest BCUT2D eigenvalue weighted by molar-refractivity contribution is -0.121. The lowest BCUT2D eigenvalue weighted by atomic mass is 10.1. The molecule has 0 saturated carbocycles. The molecule has 0 aliphatic carbocycles. The SMILES string of the molecule is CC(=O)C1CNCCN1C(=N)N. The quantitative estimate of drug-likeness (QED) is 0.339. The summed E-state index contributed by atoms with van der Waals surface area (Å²) in [6.07, 6.45) is 0. The lowest BCUT2D eigenvalue weighted by Gasteiger charge is -2.34. The molecule has 1 fully saturated rings. The second-order valence-corrected chi connectivity index (χ2v) is 2.91. The molecule has 1 aliphatic heterocycles. The molecule has 0 aromatic heterocycles. The van der Waals surface area contributed by atoms with Gasteiger partial charge in [0.25, 0.3) is 0 Å². The number of rotatable bonds is 1. The van der Waals surface area contributed by atoms with Crippen LogP contribution in [0.25, 0.3) is 0 Å². The van der Waals surface area contributed by atoms with Gasteiger partial charge in [0.1, 0.15) is 6.04 Å². The highest BCUT2D eigenvalue weighted by Gasteiger charge is 2.26. The third-order valence-corrected chi connectivity index (χ3v) is 2.02. The molecule has 0 radical (unpaired) electrons. The summed E-state index contributed by atoms with van der Waals surface area (Å²) in [5.41, 5.74) is 5.32. The monoisotopic (exact) mass is 170 g/mol. The van der Waals surface area contributed by atoms with Crippen molar-refractivity contribution in [3.05, 3.63) is 0 Å². The number of carbonyl (C=O) groups is 1. The first-order valence-electron chi connectivity index (χ1n) is 3.94. The van der Waals surface area contributed by atoms with E-state index in [1.54, 1.807) is 4.90 Å². The second-order valence-electron chi connectivity index (χ2n) is 2.91. The third kappa shape index (κ3) is 1.73. The Labute approximate surface area is 71.4 Å². The molecular weight excluding hydrogens is 156 g/mol. The maximum Gasteiger partial charge on any atom is 0.189 e. The van der Waals surface area contributed by atoms with Gasteiger partial charge in [0.15, 0.2) is 11.7 Å². The van der Waals surface area contributed by atoms with Crippen LogP contribution in [0.2, 0.25) is 0 Å². The average molecular weight is 170 g/mol. The summed E-state index contributed by atoms with van der Waals surface area (Å²) in [5.74, 6) is 0.0362. The van der Waals surface area contributed by atoms with Crippen molar-refractivity contribution in [2.75, 3.05) is 19.6 Å². The highest BCUT2D eigenvalue weighted by atomic mass is 16.1. The zero-order valence-electron chi connectivity index (χ0n) is 7.13. The summed E-state index contributed by atoms with van der Waals surface area (Å²) in [5, 5.41) is 10.3. The van der Waals surface area contributed by atoms with Gasteiger partial charge >= 0.3 is 0 Å². The number of nitrogens with one attached hydrogen (secondary N) is 2. The number of hydrogen-bond acceptors (Lipinski definition) is 3. The van der Waals surface area contributed by atoms with Gasteiger partial charge in [-0.1, -0.05) is 0 Å². The van der Waals surface area contributed by atoms with Gasteiger partial charge in [-0.2, -0.15) is 0 Å². The molecule has 12 heavy (non-hydrogen) atoms. The molecule has 1 saturated heterocycles. The number of Topliss-reactive ketones (excluding diaryl/α,β-unsaturated/α-hetero) is 1. The fraction of sp³-hybridized carbons (Fsp3) is 0.714. The number of piperazine rings is 1. The van der Waals surface area contributed by atoms with Gasteiger partial charge in [0.2, 0.25) is 0 Å². The first-order valence-corrected chi connectivity index (χ1v) is 3.94. The topological polar surface area (TPSA) is 82.2 Å². The molecule has 0 amide bonds. The summed E-state index contributed by atoms with van der Waals surface area (Å²) in [7, 11) is 0. The Bertz CT molecular complexity index is 182. The molecule has 1 unspecified atom stereocenters. The molecule has 0 spiro atoms. The van der Waals surface area contributed by atoms with Crippen molar-refractivity contribution in [2.24, 2.45) is 5.73 Å². The minimum Gasteiger partial charge on any atom is -0.370 e. The highest BCUT2D eigenvalue weighted by Crippen LogP contribution is 2.02. The molecule has 0 aromatic rings. The summed E-state index contributed by atoms with van der Waals surface area (Å²) in [6, 6.07) is -0.253. The predicted molar refractivity (Wildman–Crippen MR) is 46.0 cm³/mol. The van der Waals surface area contributed by atoms with Crippen molar-refractivity contribution >= 4 is 11.7 Å². The number of nitrogens with zero attached hydrogens (tertiary/aromatic N) is 1. The number of nitrogens with two attached hydrogens (primary N) is 1. The first kappa shape index (κ1) is 8.99. The van der Waals surface area contributed by atoms with Crippen LogP contribution in [0, 0.1) is 5.41 Å². The standard InChI is InChI=1S/C7H14N4O/c1-5(12)6-4-10-2-3-11(6)7(8)9/h6,10H,2-4H2,1H3,(H3,8,9). The Balaban J connectivity index is 2.67. The van der Waals surface area contributed by atoms with Crippen LogP contribution < -0.4 is 11.1 Å². The van der Waals surface area contributed by atoms with Crippen LogP contribution in [0.1, 0.15) is 6.92 Å². The second kappa shape index (κ2) is 3.53. The average Bonchev–Trinajstić information content (AvgIpc) is 2.04. The molecule has 0 bridgehead atoms. The van der Waals surface area contributed by atoms with Crippen molar-refractivity contribution in [1.29, 1.82) is 5.41 Å². The van der Waals surface area contributed by atoms with Gasteiger partial charge < -0.3 is 16.0 Å². The van der Waals surface area contributed by atoms with Gasteiger partial charge in [-0.25, -0.2) is 0 Å². The summed E-state index contributed by atoms with van der Waals surface area (Å²) in [6.45, 7) is 3.53. The maximum absolute atomic E-state index is 11.1. The lowest BCUT2D eigenvalue weighted by Crippen LogP contribution is -2.58. The van der Waals surface area contributed by atoms with E-state index in [1.807, 2.05) is 0 Å². The normalized spacial score (nSPS) is 23.8. The van der Waals surface area contributed by atoms with Gasteiger partial charge in [0, 0.05) is 19.6 Å². The Kier molecular flexibility index (Phi) is 2.65. The van der Waals surface area contributed by atoms with Gasteiger partial charge in [-0.05, 0) is 6.92 Å². The van der Waals surface area contributed by atoms with Crippen LogP contribution in [0.4, 0.5) is 0 Å². The van der Waals surface area contributed by atoms with Crippen molar-refractivity contribution in [3.63, 3.8) is 0 Å². The Morgan fingerprint density at radius 3 is 2.83 bits per heavy atom.